The first-order valence-corrected chi connectivity index (χ1v) is 37.1. The highest BCUT2D eigenvalue weighted by Crippen LogP contribution is 2.47. The molecule has 0 bridgehead atoms. The Hall–Kier alpha value is -11.9. The second kappa shape index (κ2) is 30.9. The van der Waals surface area contributed by atoms with Gasteiger partial charge in [0, 0.05) is 130 Å². The van der Waals surface area contributed by atoms with E-state index in [4.69, 9.17) is 43.4 Å². The molecular formula is C87H80F6N12O6. The number of fused-ring (bicyclic) bond motifs is 3. The Bertz CT molecular complexity index is 5670. The molecule has 3 aliphatic rings. The van der Waals surface area contributed by atoms with Crippen LogP contribution in [0.15, 0.2) is 134 Å². The lowest BCUT2D eigenvalue weighted by Crippen LogP contribution is -2.42. The molecular weight excluding hydrogens is 1420 g/mol. The van der Waals surface area contributed by atoms with Gasteiger partial charge >= 0.3 is 0 Å². The predicted octanol–water partition coefficient (Wildman–Crippen LogP) is 17.2. The van der Waals surface area contributed by atoms with Gasteiger partial charge in [-0.05, 0) is 177 Å². The fraction of sp³-hybridized carbons (Fsp3) is 0.310. The Morgan fingerprint density at radius 3 is 1.23 bits per heavy atom. The molecule has 3 fully saturated rings. The van der Waals surface area contributed by atoms with Crippen molar-refractivity contribution in [2.45, 2.75) is 94.5 Å². The van der Waals surface area contributed by atoms with Gasteiger partial charge in [-0.3, -0.25) is 0 Å². The summed E-state index contributed by atoms with van der Waals surface area (Å²) in [5.41, 5.74) is 6.11. The molecule has 566 valence electrons. The van der Waals surface area contributed by atoms with E-state index in [9.17, 15) is 15.8 Å². The largest absolute Gasteiger partial charge is 0.494 e. The number of aromatic amines is 3. The number of halogens is 6. The third-order valence-corrected chi connectivity index (χ3v) is 23.1. The van der Waals surface area contributed by atoms with E-state index in [-0.39, 0.29) is 82.8 Å². The summed E-state index contributed by atoms with van der Waals surface area (Å²) in [5.74, 6) is -6.91. The van der Waals surface area contributed by atoms with Crippen LogP contribution in [-0.2, 0) is 42.1 Å². The molecule has 24 heteroatoms. The number of nitrogens with zero attached hydrogens (tertiary/aromatic N) is 8. The van der Waals surface area contributed by atoms with Gasteiger partial charge in [0.05, 0.1) is 62.9 Å². The number of ether oxygens (including phenoxy) is 6. The zero-order valence-corrected chi connectivity index (χ0v) is 62.2. The standard InChI is InChI=1S/C87H80F6N12O6/c1-7-104-25-19-85(47-94,20-26-104)60-14-11-50(12-15-60)54-29-61-59(45-101-82(61)98-40-54)34-66-79(91)73(109-6)39-75(81(66)93)111-69-16-13-52(36-68(69)86(48-95)17-23-97-24-18-86)56-31-63-58(44-103-84(63)100-42-56)33-65-78(90)72(108-5)38-74(80(65)92)110-46-53-10-9-51(35-67(53)87(49-96)21-27-105(8-2)28-22-87)55-30-62-57(43-102-83(62)99-41-55)32-64-76(88)70(106-3)37-71(107-4)77(64)89/h9-16,29-31,35-45,97H,7-8,17-28,32-34,46H2,1-6H3,(H,98,101)(H,99,102)(H,100,103). The number of H-pyrrole nitrogens is 3. The number of nitrogens with one attached hydrogen (secondary N) is 4. The molecule has 12 aromatic rings. The molecule has 3 aliphatic heterocycles. The van der Waals surface area contributed by atoms with Crippen LogP contribution < -0.4 is 33.7 Å². The zero-order valence-electron chi connectivity index (χ0n) is 62.2. The molecule has 3 saturated heterocycles. The van der Waals surface area contributed by atoms with Crippen LogP contribution in [0.5, 0.6) is 40.2 Å². The van der Waals surface area contributed by atoms with E-state index in [1.54, 1.807) is 49.3 Å². The molecule has 0 unspecified atom stereocenters. The Balaban J connectivity index is 0.713. The highest BCUT2D eigenvalue weighted by Gasteiger charge is 2.41. The Morgan fingerprint density at radius 1 is 0.405 bits per heavy atom. The van der Waals surface area contributed by atoms with Gasteiger partial charge in [0.1, 0.15) is 29.3 Å². The van der Waals surface area contributed by atoms with Crippen LogP contribution in [0.25, 0.3) is 66.5 Å². The van der Waals surface area contributed by atoms with Crippen molar-refractivity contribution in [3.63, 3.8) is 0 Å². The molecule has 111 heavy (non-hydrogen) atoms. The average molecular weight is 1500 g/mol. The zero-order chi connectivity index (χ0) is 77.5. The minimum Gasteiger partial charge on any atom is -0.494 e. The first kappa shape index (κ1) is 74.6. The van der Waals surface area contributed by atoms with Crippen LogP contribution in [0.4, 0.5) is 26.3 Å². The SMILES string of the molecule is CCN1CCC(C#N)(c2ccc(-c3cnc4[nH]cc(Cc5c(F)c(OC)cc(Oc6ccc(-c7cnc8[nH]cc(Cc9c(F)c(OC)cc(OCc%10ccc(-c%11cnc%12[nH]cc(Cc%13c(F)c(OC)cc(OC)c%13F)c%12c%11)cc%10C%10(C#N)CCN(CC)CC%10)c9F)c8c7)cc6C6(C#N)CCNCC6)c5F)c4c3)cc2)CC1. The normalized spacial score (nSPS) is 15.6. The summed E-state index contributed by atoms with van der Waals surface area (Å²) in [5, 5.41) is 37.9. The van der Waals surface area contributed by atoms with Gasteiger partial charge in [-0.15, -0.1) is 0 Å². The van der Waals surface area contributed by atoms with Gasteiger partial charge in [-0.1, -0.05) is 56.3 Å². The van der Waals surface area contributed by atoms with Crippen LogP contribution in [0.2, 0.25) is 0 Å². The first-order chi connectivity index (χ1) is 53.9. The van der Waals surface area contributed by atoms with Crippen molar-refractivity contribution in [2.75, 3.05) is 80.8 Å². The van der Waals surface area contributed by atoms with Gasteiger partial charge in [0.25, 0.3) is 0 Å². The van der Waals surface area contributed by atoms with Gasteiger partial charge in [-0.2, -0.15) is 15.8 Å². The van der Waals surface area contributed by atoms with E-state index >= 15 is 26.3 Å². The molecule has 0 atom stereocenters. The number of hydrogen-bond donors (Lipinski definition) is 4. The highest BCUT2D eigenvalue weighted by atomic mass is 19.2. The number of aromatic nitrogens is 6. The number of methoxy groups -OCH3 is 4. The van der Waals surface area contributed by atoms with E-state index in [2.05, 4.69) is 62.1 Å². The molecule has 6 aromatic heterocycles. The minimum atomic E-state index is -1.14. The summed E-state index contributed by atoms with van der Waals surface area (Å²) in [4.78, 5) is 28.2. The molecule has 4 N–H and O–H groups in total. The Morgan fingerprint density at radius 2 is 0.784 bits per heavy atom. The maximum absolute atomic E-state index is 17.5. The molecule has 9 heterocycles. The third-order valence-electron chi connectivity index (χ3n) is 23.1. The fourth-order valence-corrected chi connectivity index (χ4v) is 16.3. The summed E-state index contributed by atoms with van der Waals surface area (Å²) in [6.45, 7) is 9.63. The van der Waals surface area contributed by atoms with E-state index in [0.717, 1.165) is 73.9 Å². The predicted molar refractivity (Wildman–Crippen MR) is 409 cm³/mol. The molecule has 0 amide bonds. The van der Waals surface area contributed by atoms with Gasteiger partial charge in [0.2, 0.25) is 0 Å². The number of rotatable bonds is 23. The van der Waals surface area contributed by atoms with E-state index < -0.39 is 51.1 Å². The summed E-state index contributed by atoms with van der Waals surface area (Å²) in [6.07, 6.45) is 12.5. The molecule has 0 saturated carbocycles. The molecule has 0 radical (unpaired) electrons. The molecule has 0 aliphatic carbocycles. The molecule has 6 aromatic carbocycles. The van der Waals surface area contributed by atoms with Crippen LogP contribution in [0.1, 0.15) is 108 Å². The second-order valence-electron chi connectivity index (χ2n) is 28.8. The van der Waals surface area contributed by atoms with Gasteiger partial charge in [0.15, 0.2) is 69.4 Å². The average Bonchev–Trinajstić information content (AvgIpc) is 1.58. The van der Waals surface area contributed by atoms with Crippen molar-refractivity contribution in [1.82, 2.24) is 45.0 Å². The third kappa shape index (κ3) is 13.8. The molecule has 18 nitrogen and oxygen atoms in total. The lowest BCUT2D eigenvalue weighted by molar-refractivity contribution is 0.192. The number of pyridine rings is 3. The molecule has 15 rings (SSSR count). The Kier molecular flexibility index (Phi) is 20.7. The quantitative estimate of drug-likeness (QED) is 0.0436. The smallest absolute Gasteiger partial charge is 0.172 e. The van der Waals surface area contributed by atoms with Crippen molar-refractivity contribution in [3.8, 4) is 91.8 Å². The fourth-order valence-electron chi connectivity index (χ4n) is 16.3. The first-order valence-electron chi connectivity index (χ1n) is 37.1. The van der Waals surface area contributed by atoms with E-state index in [0.29, 0.717) is 141 Å². The number of hydrogen-bond acceptors (Lipinski definition) is 15. The van der Waals surface area contributed by atoms with Crippen molar-refractivity contribution in [2.24, 2.45) is 0 Å². The number of piperidine rings is 3. The number of nitriles is 3. The van der Waals surface area contributed by atoms with Crippen molar-refractivity contribution in [3.05, 3.63) is 225 Å². The summed E-state index contributed by atoms with van der Waals surface area (Å²) < 4.78 is 134. The van der Waals surface area contributed by atoms with E-state index in [1.165, 1.54) is 28.4 Å². The maximum atomic E-state index is 17.5. The maximum Gasteiger partial charge on any atom is 0.172 e. The molecule has 0 spiro atoms. The van der Waals surface area contributed by atoms with Gasteiger partial charge < -0.3 is 58.5 Å². The van der Waals surface area contributed by atoms with Crippen LogP contribution >= 0.6 is 0 Å². The highest BCUT2D eigenvalue weighted by molar-refractivity contribution is 5.88. The summed E-state index contributed by atoms with van der Waals surface area (Å²) >= 11 is 0. The van der Waals surface area contributed by atoms with E-state index in [1.807, 2.05) is 66.7 Å². The summed E-state index contributed by atoms with van der Waals surface area (Å²) in [7, 11) is 5.14. The van der Waals surface area contributed by atoms with Crippen molar-refractivity contribution >= 4 is 33.1 Å². The Labute approximate surface area is 637 Å². The second-order valence-corrected chi connectivity index (χ2v) is 28.8. The van der Waals surface area contributed by atoms with Crippen LogP contribution in [0.3, 0.4) is 0 Å². The van der Waals surface area contributed by atoms with Crippen LogP contribution in [0, 0.1) is 68.9 Å². The number of likely N-dealkylation sites (tertiary alicyclic amines) is 2. The monoisotopic (exact) mass is 1500 g/mol. The van der Waals surface area contributed by atoms with Crippen LogP contribution in [-0.4, -0.2) is 121 Å². The topological polar surface area (TPSA) is 231 Å². The van der Waals surface area contributed by atoms with Crippen molar-refractivity contribution < 1.29 is 54.8 Å². The van der Waals surface area contributed by atoms with Gasteiger partial charge in [-0.25, -0.2) is 41.3 Å². The van der Waals surface area contributed by atoms with Crippen molar-refractivity contribution in [1.29, 1.82) is 15.8 Å². The lowest BCUT2D eigenvalue weighted by atomic mass is 9.71. The summed E-state index contributed by atoms with van der Waals surface area (Å²) in [6, 6.07) is 35.7. The minimum absolute atomic E-state index is 0.149. The lowest BCUT2D eigenvalue weighted by Gasteiger charge is -2.38. The number of benzene rings is 6.